The van der Waals surface area contributed by atoms with Gasteiger partial charge < -0.3 is 15.9 Å². The van der Waals surface area contributed by atoms with E-state index in [2.05, 4.69) is 4.98 Å². The lowest BCUT2D eigenvalue weighted by Gasteiger charge is -2.12. The van der Waals surface area contributed by atoms with Gasteiger partial charge in [0.25, 0.3) is 0 Å². The van der Waals surface area contributed by atoms with Gasteiger partial charge in [0.1, 0.15) is 11.1 Å². The maximum Gasteiger partial charge on any atom is 0.133 e. The fraction of sp³-hybridized carbons (Fsp3) is 0.300. The molecule has 0 bridgehead atoms. The number of nitrogens with two attached hydrogens (primary N) is 1. The highest BCUT2D eigenvalue weighted by molar-refractivity contribution is 7.18. The Kier molecular flexibility index (Phi) is 2.97. The molecule has 15 heavy (non-hydrogen) atoms. The van der Waals surface area contributed by atoms with Crippen LogP contribution in [0.15, 0.2) is 24.3 Å². The van der Waals surface area contributed by atoms with Crippen LogP contribution in [0.1, 0.15) is 11.1 Å². The van der Waals surface area contributed by atoms with Gasteiger partial charge in [0.2, 0.25) is 0 Å². The Bertz CT molecular complexity index is 424. The maximum absolute atomic E-state index is 9.71. The number of fused-ring (bicyclic) bond motifs is 1. The number of rotatable bonds is 3. The van der Waals surface area contributed by atoms with Crippen LogP contribution < -0.4 is 5.73 Å². The van der Waals surface area contributed by atoms with Crippen molar-refractivity contribution in [2.24, 2.45) is 5.73 Å². The summed E-state index contributed by atoms with van der Waals surface area (Å²) in [5.41, 5.74) is 6.11. The highest BCUT2D eigenvalue weighted by Crippen LogP contribution is 2.27. The van der Waals surface area contributed by atoms with Crippen LogP contribution in [-0.2, 0) is 0 Å². The largest absolute Gasteiger partial charge is 0.389 e. The zero-order valence-corrected chi connectivity index (χ0v) is 8.81. The molecule has 0 aliphatic rings. The van der Waals surface area contributed by atoms with Gasteiger partial charge >= 0.3 is 0 Å². The summed E-state index contributed by atoms with van der Waals surface area (Å²) in [7, 11) is 0. The van der Waals surface area contributed by atoms with Crippen molar-refractivity contribution in [3.63, 3.8) is 0 Å². The van der Waals surface area contributed by atoms with Gasteiger partial charge in [-0.1, -0.05) is 12.1 Å². The fourth-order valence-corrected chi connectivity index (χ4v) is 2.32. The lowest BCUT2D eigenvalue weighted by Crippen LogP contribution is -2.27. The highest BCUT2D eigenvalue weighted by Gasteiger charge is 2.20. The molecule has 4 nitrogen and oxygen atoms in total. The number of para-hydroxylation sites is 1. The van der Waals surface area contributed by atoms with E-state index in [1.54, 1.807) is 0 Å². The number of aliphatic hydroxyl groups excluding tert-OH is 2. The van der Waals surface area contributed by atoms with E-state index in [-0.39, 0.29) is 6.54 Å². The lowest BCUT2D eigenvalue weighted by molar-refractivity contribution is 0.0243. The minimum absolute atomic E-state index is 0.0249. The number of benzene rings is 1. The molecule has 2 aromatic rings. The molecule has 0 spiro atoms. The topological polar surface area (TPSA) is 79.4 Å². The molecule has 0 radical (unpaired) electrons. The molecule has 0 saturated carbocycles. The van der Waals surface area contributed by atoms with Crippen LogP contribution in [0, 0.1) is 0 Å². The van der Waals surface area contributed by atoms with Crippen LogP contribution in [0.3, 0.4) is 0 Å². The van der Waals surface area contributed by atoms with Crippen molar-refractivity contribution >= 4 is 21.6 Å². The minimum atomic E-state index is -0.993. The summed E-state index contributed by atoms with van der Waals surface area (Å²) < 4.78 is 0.996. The summed E-state index contributed by atoms with van der Waals surface area (Å²) in [6, 6.07) is 7.60. The van der Waals surface area contributed by atoms with Crippen LogP contribution in [0.25, 0.3) is 10.2 Å². The molecule has 0 saturated heterocycles. The van der Waals surface area contributed by atoms with Crippen LogP contribution in [-0.4, -0.2) is 27.8 Å². The first kappa shape index (κ1) is 10.5. The van der Waals surface area contributed by atoms with E-state index < -0.39 is 12.2 Å². The summed E-state index contributed by atoms with van der Waals surface area (Å²) >= 11 is 1.37. The second-order valence-corrected chi connectivity index (χ2v) is 4.33. The van der Waals surface area contributed by atoms with Crippen LogP contribution in [0.2, 0.25) is 0 Å². The van der Waals surface area contributed by atoms with Crippen LogP contribution in [0.4, 0.5) is 0 Å². The number of aromatic nitrogens is 1. The van der Waals surface area contributed by atoms with Gasteiger partial charge in [-0.3, -0.25) is 0 Å². The third-order valence-corrected chi connectivity index (χ3v) is 3.28. The normalized spacial score (nSPS) is 15.4. The Morgan fingerprint density at radius 1 is 1.33 bits per heavy atom. The van der Waals surface area contributed by atoms with Gasteiger partial charge in [0, 0.05) is 6.54 Å². The zero-order chi connectivity index (χ0) is 10.8. The Morgan fingerprint density at radius 3 is 2.73 bits per heavy atom. The minimum Gasteiger partial charge on any atom is -0.389 e. The van der Waals surface area contributed by atoms with E-state index in [9.17, 15) is 10.2 Å². The van der Waals surface area contributed by atoms with E-state index in [1.807, 2.05) is 24.3 Å². The molecule has 4 N–H and O–H groups in total. The first-order valence-corrected chi connectivity index (χ1v) is 5.45. The van der Waals surface area contributed by atoms with Crippen molar-refractivity contribution < 1.29 is 10.2 Å². The lowest BCUT2D eigenvalue weighted by atomic mass is 10.2. The molecule has 1 heterocycles. The van der Waals surface area contributed by atoms with Gasteiger partial charge in [-0.25, -0.2) is 4.98 Å². The van der Waals surface area contributed by atoms with Crippen molar-refractivity contribution in [2.45, 2.75) is 12.2 Å². The SMILES string of the molecule is NCC(O)C(O)c1nc2ccccc2s1. The van der Waals surface area contributed by atoms with Crippen molar-refractivity contribution in [3.8, 4) is 0 Å². The van der Waals surface area contributed by atoms with Crippen molar-refractivity contribution in [1.29, 1.82) is 0 Å². The highest BCUT2D eigenvalue weighted by atomic mass is 32.1. The van der Waals surface area contributed by atoms with Gasteiger partial charge in [-0.05, 0) is 12.1 Å². The summed E-state index contributed by atoms with van der Waals surface area (Å²) in [5.74, 6) is 0. The second-order valence-electron chi connectivity index (χ2n) is 3.27. The van der Waals surface area contributed by atoms with Crippen molar-refractivity contribution in [2.75, 3.05) is 6.54 Å². The second kappa shape index (κ2) is 4.24. The third-order valence-electron chi connectivity index (χ3n) is 2.17. The molecule has 2 atom stereocenters. The number of hydrogen-bond donors (Lipinski definition) is 3. The molecule has 1 aromatic heterocycles. The van der Waals surface area contributed by atoms with E-state index >= 15 is 0 Å². The molecular formula is C10H12N2O2S. The van der Waals surface area contributed by atoms with Gasteiger partial charge in [0.15, 0.2) is 0 Å². The number of hydrogen-bond acceptors (Lipinski definition) is 5. The molecule has 5 heteroatoms. The molecule has 2 rings (SSSR count). The van der Waals surface area contributed by atoms with E-state index in [0.717, 1.165) is 10.2 Å². The van der Waals surface area contributed by atoms with Gasteiger partial charge in [0.05, 0.1) is 16.3 Å². The molecule has 0 aliphatic heterocycles. The Hall–Kier alpha value is -1.01. The molecule has 2 unspecified atom stereocenters. The van der Waals surface area contributed by atoms with Crippen molar-refractivity contribution in [1.82, 2.24) is 4.98 Å². The summed E-state index contributed by atoms with van der Waals surface area (Å²) in [5, 5.41) is 19.6. The summed E-state index contributed by atoms with van der Waals surface area (Å²) in [6.07, 6.45) is -1.95. The maximum atomic E-state index is 9.71. The quantitative estimate of drug-likeness (QED) is 0.715. The first-order valence-electron chi connectivity index (χ1n) is 4.64. The average Bonchev–Trinajstić information content (AvgIpc) is 2.70. The van der Waals surface area contributed by atoms with Crippen LogP contribution in [0.5, 0.6) is 0 Å². The number of thiazole rings is 1. The standard InChI is InChI=1S/C10H12N2O2S/c11-5-7(13)9(14)10-12-6-3-1-2-4-8(6)15-10/h1-4,7,9,13-14H,5,11H2. The van der Waals surface area contributed by atoms with Crippen molar-refractivity contribution in [3.05, 3.63) is 29.3 Å². The monoisotopic (exact) mass is 224 g/mol. The van der Waals surface area contributed by atoms with E-state index in [4.69, 9.17) is 5.73 Å². The molecule has 0 amide bonds. The van der Waals surface area contributed by atoms with Gasteiger partial charge in [-0.15, -0.1) is 11.3 Å². The summed E-state index contributed by atoms with van der Waals surface area (Å²) in [4.78, 5) is 4.23. The molecule has 1 aromatic carbocycles. The summed E-state index contributed by atoms with van der Waals surface area (Å²) in [6.45, 7) is 0.0249. The third kappa shape index (κ3) is 2.00. The molecule has 80 valence electrons. The first-order chi connectivity index (χ1) is 7.22. The van der Waals surface area contributed by atoms with E-state index in [1.165, 1.54) is 11.3 Å². The fourth-order valence-electron chi connectivity index (χ4n) is 1.31. The average molecular weight is 224 g/mol. The molecule has 0 fully saturated rings. The Balaban J connectivity index is 2.36. The van der Waals surface area contributed by atoms with E-state index in [0.29, 0.717) is 5.01 Å². The predicted molar refractivity (Wildman–Crippen MR) is 59.6 cm³/mol. The molecule has 0 aliphatic carbocycles. The predicted octanol–water partition coefficient (Wildman–Crippen LogP) is 0.649. The number of aliphatic hydroxyl groups is 2. The van der Waals surface area contributed by atoms with Crippen LogP contribution >= 0.6 is 11.3 Å². The molecular weight excluding hydrogens is 212 g/mol. The zero-order valence-electron chi connectivity index (χ0n) is 8.00. The Morgan fingerprint density at radius 2 is 2.07 bits per heavy atom. The number of nitrogens with zero attached hydrogens (tertiary/aromatic N) is 1. The smallest absolute Gasteiger partial charge is 0.133 e. The Labute approximate surface area is 91.0 Å². The van der Waals surface area contributed by atoms with Gasteiger partial charge in [-0.2, -0.15) is 0 Å².